The molecule has 0 aromatic rings. The zero-order valence-electron chi connectivity index (χ0n) is 11.0. The molecule has 0 amide bonds. The molecule has 0 radical (unpaired) electrons. The van der Waals surface area contributed by atoms with Gasteiger partial charge in [0.15, 0.2) is 0 Å². The number of rotatable bonds is 3. The standard InChI is InChI=1S/C11H26O2P/c1-9-14(8,12-10(2,3)4)13-11(5,6)7/h9H2,1-8H3/q+1. The van der Waals surface area contributed by atoms with Crippen molar-refractivity contribution in [3.63, 3.8) is 0 Å². The summed E-state index contributed by atoms with van der Waals surface area (Å²) < 4.78 is 12.1. The van der Waals surface area contributed by atoms with Crippen LogP contribution in [0.4, 0.5) is 0 Å². The first-order valence-electron chi connectivity index (χ1n) is 5.24. The third-order valence-corrected chi connectivity index (χ3v) is 4.53. The molecule has 0 bridgehead atoms. The Balaban J connectivity index is 4.49. The normalized spacial score (nSPS) is 14.6. The lowest BCUT2D eigenvalue weighted by Crippen LogP contribution is -2.27. The first-order valence-corrected chi connectivity index (χ1v) is 7.50. The van der Waals surface area contributed by atoms with E-state index in [1.807, 2.05) is 0 Å². The highest BCUT2D eigenvalue weighted by Crippen LogP contribution is 2.61. The van der Waals surface area contributed by atoms with Crippen LogP contribution in [0.2, 0.25) is 0 Å². The van der Waals surface area contributed by atoms with E-state index in [-0.39, 0.29) is 11.2 Å². The Labute approximate surface area is 89.9 Å². The monoisotopic (exact) mass is 221 g/mol. The van der Waals surface area contributed by atoms with Gasteiger partial charge in [0.05, 0.1) is 0 Å². The topological polar surface area (TPSA) is 18.5 Å². The highest BCUT2D eigenvalue weighted by atomic mass is 31.2. The van der Waals surface area contributed by atoms with Crippen LogP contribution in [0.15, 0.2) is 0 Å². The van der Waals surface area contributed by atoms with E-state index >= 15 is 0 Å². The third kappa shape index (κ3) is 6.75. The van der Waals surface area contributed by atoms with Gasteiger partial charge in [-0.2, -0.15) is 0 Å². The molecule has 0 rings (SSSR count). The second kappa shape index (κ2) is 4.47. The van der Waals surface area contributed by atoms with Crippen molar-refractivity contribution in [1.29, 1.82) is 0 Å². The fourth-order valence-corrected chi connectivity index (χ4v) is 3.92. The average molecular weight is 221 g/mol. The molecule has 0 N–H and O–H groups in total. The van der Waals surface area contributed by atoms with E-state index in [1.54, 1.807) is 0 Å². The molecule has 0 spiro atoms. The van der Waals surface area contributed by atoms with E-state index in [4.69, 9.17) is 9.05 Å². The van der Waals surface area contributed by atoms with Crippen LogP contribution in [-0.4, -0.2) is 24.0 Å². The van der Waals surface area contributed by atoms with Crippen LogP contribution in [0.25, 0.3) is 0 Å². The number of hydrogen-bond donors (Lipinski definition) is 0. The third-order valence-electron chi connectivity index (χ3n) is 1.51. The average Bonchev–Trinajstić information content (AvgIpc) is 1.78. The molecule has 86 valence electrons. The van der Waals surface area contributed by atoms with Crippen molar-refractivity contribution in [3.05, 3.63) is 0 Å². The van der Waals surface area contributed by atoms with Crippen LogP contribution >= 0.6 is 7.72 Å². The fourth-order valence-electron chi connectivity index (χ4n) is 1.31. The summed E-state index contributed by atoms with van der Waals surface area (Å²) in [6.45, 7) is 16.7. The van der Waals surface area contributed by atoms with Crippen molar-refractivity contribution >= 4 is 7.72 Å². The van der Waals surface area contributed by atoms with Crippen LogP contribution in [0, 0.1) is 0 Å². The Bertz CT molecular complexity index is 161. The first kappa shape index (κ1) is 14.3. The van der Waals surface area contributed by atoms with Gasteiger partial charge in [0.25, 0.3) is 7.72 Å². The van der Waals surface area contributed by atoms with Crippen molar-refractivity contribution in [2.24, 2.45) is 0 Å². The maximum absolute atomic E-state index is 6.04. The Morgan fingerprint density at radius 1 is 0.857 bits per heavy atom. The predicted octanol–water partition coefficient (Wildman–Crippen LogP) is 4.11. The summed E-state index contributed by atoms with van der Waals surface area (Å²) in [5, 5.41) is 0. The maximum Gasteiger partial charge on any atom is 0.273 e. The van der Waals surface area contributed by atoms with Gasteiger partial charge in [-0.1, -0.05) is 0 Å². The minimum Gasteiger partial charge on any atom is -0.201 e. The van der Waals surface area contributed by atoms with E-state index in [1.165, 1.54) is 0 Å². The molecule has 0 saturated carbocycles. The van der Waals surface area contributed by atoms with Crippen molar-refractivity contribution in [1.82, 2.24) is 0 Å². The molecule has 0 saturated heterocycles. The summed E-state index contributed by atoms with van der Waals surface area (Å²) in [5.74, 6) is 0. The van der Waals surface area contributed by atoms with Gasteiger partial charge in [-0.25, -0.2) is 9.05 Å². The molecule has 0 unspecified atom stereocenters. The van der Waals surface area contributed by atoms with Crippen molar-refractivity contribution in [2.75, 3.05) is 12.8 Å². The maximum atomic E-state index is 6.04. The quantitative estimate of drug-likeness (QED) is 0.667. The summed E-state index contributed by atoms with van der Waals surface area (Å²) in [7, 11) is -1.69. The van der Waals surface area contributed by atoms with Gasteiger partial charge in [0.1, 0.15) is 24.0 Å². The zero-order valence-corrected chi connectivity index (χ0v) is 11.9. The van der Waals surface area contributed by atoms with Crippen LogP contribution in [0.5, 0.6) is 0 Å². The SMILES string of the molecule is CC[P+](C)(OC(C)(C)C)OC(C)(C)C. The Morgan fingerprint density at radius 3 is 1.29 bits per heavy atom. The van der Waals surface area contributed by atoms with Gasteiger partial charge in [0, 0.05) is 0 Å². The molecular formula is C11H26O2P+. The summed E-state index contributed by atoms with van der Waals surface area (Å²) >= 11 is 0. The minimum absolute atomic E-state index is 0.121. The lowest BCUT2D eigenvalue weighted by molar-refractivity contribution is 0.0630. The molecule has 0 fully saturated rings. The van der Waals surface area contributed by atoms with Crippen molar-refractivity contribution in [3.8, 4) is 0 Å². The van der Waals surface area contributed by atoms with Gasteiger partial charge in [-0.3, -0.25) is 0 Å². The molecular weight excluding hydrogens is 195 g/mol. The Hall–Kier alpha value is 0.350. The van der Waals surface area contributed by atoms with Crippen LogP contribution in [-0.2, 0) is 9.05 Å². The molecule has 0 aromatic heterocycles. The lowest BCUT2D eigenvalue weighted by Gasteiger charge is -2.31. The van der Waals surface area contributed by atoms with Crippen molar-refractivity contribution in [2.45, 2.75) is 59.7 Å². The van der Waals surface area contributed by atoms with E-state index in [9.17, 15) is 0 Å². The van der Waals surface area contributed by atoms with Gasteiger partial charge in [-0.15, -0.1) is 0 Å². The second-order valence-corrected chi connectivity index (χ2v) is 8.76. The first-order chi connectivity index (χ1) is 5.97. The molecule has 0 heterocycles. The van der Waals surface area contributed by atoms with Gasteiger partial charge in [0.2, 0.25) is 0 Å². The van der Waals surface area contributed by atoms with E-state index in [0.717, 1.165) is 6.16 Å². The molecule has 14 heavy (non-hydrogen) atoms. The highest BCUT2D eigenvalue weighted by Gasteiger charge is 2.42. The van der Waals surface area contributed by atoms with Crippen LogP contribution in [0.1, 0.15) is 48.5 Å². The summed E-state index contributed by atoms with van der Waals surface area (Å²) in [4.78, 5) is 0. The Kier molecular flexibility index (Phi) is 4.58. The summed E-state index contributed by atoms with van der Waals surface area (Å²) in [5.41, 5.74) is -0.242. The highest BCUT2D eigenvalue weighted by molar-refractivity contribution is 7.65. The molecule has 2 nitrogen and oxygen atoms in total. The molecule has 0 aliphatic rings. The zero-order chi connectivity index (χ0) is 11.6. The smallest absolute Gasteiger partial charge is 0.201 e. The van der Waals surface area contributed by atoms with Crippen LogP contribution < -0.4 is 0 Å². The Morgan fingerprint density at radius 2 is 1.14 bits per heavy atom. The largest absolute Gasteiger partial charge is 0.273 e. The van der Waals surface area contributed by atoms with Crippen LogP contribution in [0.3, 0.4) is 0 Å². The minimum atomic E-state index is -1.69. The van der Waals surface area contributed by atoms with Gasteiger partial charge < -0.3 is 0 Å². The summed E-state index contributed by atoms with van der Waals surface area (Å²) in [6.07, 6.45) is 0.960. The number of hydrogen-bond acceptors (Lipinski definition) is 2. The van der Waals surface area contributed by atoms with Gasteiger partial charge >= 0.3 is 0 Å². The molecule has 0 atom stereocenters. The van der Waals surface area contributed by atoms with Crippen molar-refractivity contribution < 1.29 is 9.05 Å². The summed E-state index contributed by atoms with van der Waals surface area (Å²) in [6, 6.07) is 0. The van der Waals surface area contributed by atoms with E-state index < -0.39 is 7.72 Å². The molecule has 3 heteroatoms. The van der Waals surface area contributed by atoms with Gasteiger partial charge in [-0.05, 0) is 48.5 Å². The van der Waals surface area contributed by atoms with E-state index in [2.05, 4.69) is 55.1 Å². The molecule has 0 aliphatic heterocycles. The molecule has 0 aliphatic carbocycles. The van der Waals surface area contributed by atoms with E-state index in [0.29, 0.717) is 0 Å². The predicted molar refractivity (Wildman–Crippen MR) is 65.1 cm³/mol. The second-order valence-electron chi connectivity index (χ2n) is 5.74. The lowest BCUT2D eigenvalue weighted by atomic mass is 10.2. The molecule has 0 aromatic carbocycles. The fraction of sp³-hybridized carbons (Fsp3) is 1.00.